The molecule has 4 rings (SSSR count). The lowest BCUT2D eigenvalue weighted by Crippen LogP contribution is -2.61. The van der Waals surface area contributed by atoms with Crippen LogP contribution in [0.3, 0.4) is 0 Å². The van der Waals surface area contributed by atoms with Crippen LogP contribution in [0.4, 0.5) is 0 Å². The number of carbonyl (C=O) groups excluding carboxylic acids is 3. The van der Waals surface area contributed by atoms with Gasteiger partial charge >= 0.3 is 5.97 Å². The van der Waals surface area contributed by atoms with Crippen LogP contribution in [-0.4, -0.2) is 48.5 Å². The molecule has 0 spiro atoms. The predicted molar refractivity (Wildman–Crippen MR) is 145 cm³/mol. The first kappa shape index (κ1) is 27.4. The zero-order chi connectivity index (χ0) is 27.7. The Hall–Kier alpha value is -3.63. The molecule has 0 radical (unpaired) electrons. The van der Waals surface area contributed by atoms with Gasteiger partial charge in [-0.2, -0.15) is 0 Å². The maximum atomic E-state index is 14.1. The molecule has 0 saturated carbocycles. The molecule has 200 valence electrons. The molecular weight excluding hydrogens is 480 g/mol. The summed E-state index contributed by atoms with van der Waals surface area (Å²) in [5, 5.41) is 4.72. The largest absolute Gasteiger partial charge is 0.468 e. The molecule has 1 fully saturated rings. The average molecular weight is 517 g/mol. The molecule has 0 aliphatic carbocycles. The van der Waals surface area contributed by atoms with Gasteiger partial charge in [0.25, 0.3) is 0 Å². The molecule has 7 nitrogen and oxygen atoms in total. The third kappa shape index (κ3) is 4.93. The van der Waals surface area contributed by atoms with Crippen molar-refractivity contribution in [2.75, 3.05) is 13.7 Å². The van der Waals surface area contributed by atoms with Gasteiger partial charge in [-0.1, -0.05) is 69.2 Å². The standard InChI is InChI=1S/C31H36N2O5/c1-7-15-32-27(34)16-23-18-31(29(36)37-6)20(2)38-26(30(3,4)5)17-25(31)33(28(23)35)19-22-13-10-12-21-11-8-9-14-24(21)22/h1,8-14,17,20,23,26H,15-16,18-19H2,2-6H3,(H,32,34)/t20-,23+,26-,31+/m1/s1. The van der Waals surface area contributed by atoms with Crippen LogP contribution in [-0.2, 0) is 30.4 Å². The number of methoxy groups -OCH3 is 1. The fraction of sp³-hybridized carbons (Fsp3) is 0.452. The molecule has 2 aliphatic rings. The van der Waals surface area contributed by atoms with Gasteiger partial charge in [0, 0.05) is 18.0 Å². The third-order valence-electron chi connectivity index (χ3n) is 7.72. The van der Waals surface area contributed by atoms with Gasteiger partial charge in [0.2, 0.25) is 11.8 Å². The van der Waals surface area contributed by atoms with Gasteiger partial charge in [-0.05, 0) is 41.2 Å². The Kier molecular flexibility index (Phi) is 7.66. The second-order valence-corrected chi connectivity index (χ2v) is 11.2. The molecule has 2 aromatic carbocycles. The highest BCUT2D eigenvalue weighted by Gasteiger charge is 2.60. The molecule has 2 heterocycles. The van der Waals surface area contributed by atoms with Crippen LogP contribution >= 0.6 is 0 Å². The van der Waals surface area contributed by atoms with Crippen molar-refractivity contribution in [3.05, 3.63) is 59.8 Å². The fourth-order valence-corrected chi connectivity index (χ4v) is 5.65. The number of fused-ring (bicyclic) bond motifs is 2. The number of hydrogen-bond acceptors (Lipinski definition) is 5. The van der Waals surface area contributed by atoms with Crippen molar-refractivity contribution in [1.29, 1.82) is 0 Å². The van der Waals surface area contributed by atoms with Gasteiger partial charge in [-0.25, -0.2) is 0 Å². The number of nitrogens with one attached hydrogen (secondary N) is 1. The smallest absolute Gasteiger partial charge is 0.320 e. The second kappa shape index (κ2) is 10.6. The van der Waals surface area contributed by atoms with E-state index in [-0.39, 0.29) is 49.3 Å². The van der Waals surface area contributed by atoms with Gasteiger partial charge in [0.15, 0.2) is 0 Å². The van der Waals surface area contributed by atoms with Crippen molar-refractivity contribution in [2.24, 2.45) is 16.7 Å². The van der Waals surface area contributed by atoms with Crippen molar-refractivity contribution in [3.8, 4) is 12.3 Å². The lowest BCUT2D eigenvalue weighted by Gasteiger charge is -2.53. The van der Waals surface area contributed by atoms with Crippen molar-refractivity contribution >= 4 is 28.6 Å². The van der Waals surface area contributed by atoms with Crippen LogP contribution in [0, 0.1) is 29.1 Å². The lowest BCUT2D eigenvalue weighted by molar-refractivity contribution is -0.180. The minimum Gasteiger partial charge on any atom is -0.468 e. The third-order valence-corrected chi connectivity index (χ3v) is 7.72. The number of likely N-dealkylation sites (tertiary alicyclic amines) is 1. The van der Waals surface area contributed by atoms with Gasteiger partial charge in [-0.3, -0.25) is 14.4 Å². The van der Waals surface area contributed by atoms with Crippen LogP contribution < -0.4 is 5.32 Å². The molecule has 0 bridgehead atoms. The van der Waals surface area contributed by atoms with Crippen molar-refractivity contribution in [2.45, 2.75) is 59.3 Å². The van der Waals surface area contributed by atoms with Crippen LogP contribution in [0.15, 0.2) is 54.2 Å². The van der Waals surface area contributed by atoms with E-state index in [4.69, 9.17) is 15.9 Å². The topological polar surface area (TPSA) is 84.9 Å². The van der Waals surface area contributed by atoms with Crippen molar-refractivity contribution in [1.82, 2.24) is 10.2 Å². The van der Waals surface area contributed by atoms with Crippen molar-refractivity contribution in [3.63, 3.8) is 0 Å². The Morgan fingerprint density at radius 2 is 1.92 bits per heavy atom. The number of ether oxygens (including phenoxy) is 2. The molecule has 7 heteroatoms. The van der Waals surface area contributed by atoms with Crippen LogP contribution in [0.25, 0.3) is 10.8 Å². The number of nitrogens with zero attached hydrogens (tertiary/aromatic N) is 1. The summed E-state index contributed by atoms with van der Waals surface area (Å²) >= 11 is 0. The Labute approximate surface area is 224 Å². The minimum atomic E-state index is -1.24. The van der Waals surface area contributed by atoms with Crippen LogP contribution in [0.2, 0.25) is 0 Å². The Bertz CT molecular complexity index is 1310. The average Bonchev–Trinajstić information content (AvgIpc) is 2.89. The summed E-state index contributed by atoms with van der Waals surface area (Å²) in [6.45, 7) is 8.35. The van der Waals surface area contributed by atoms with Gasteiger partial charge in [0.1, 0.15) is 5.41 Å². The Morgan fingerprint density at radius 3 is 2.61 bits per heavy atom. The summed E-state index contributed by atoms with van der Waals surface area (Å²) < 4.78 is 11.8. The van der Waals surface area contributed by atoms with E-state index in [1.165, 1.54) is 7.11 Å². The van der Waals surface area contributed by atoms with Crippen LogP contribution in [0.1, 0.15) is 46.1 Å². The first-order valence-electron chi connectivity index (χ1n) is 13.0. The zero-order valence-corrected chi connectivity index (χ0v) is 22.7. The second-order valence-electron chi connectivity index (χ2n) is 11.2. The number of rotatable bonds is 6. The van der Waals surface area contributed by atoms with E-state index in [1.807, 2.05) is 55.5 Å². The highest BCUT2D eigenvalue weighted by atomic mass is 16.5. The summed E-state index contributed by atoms with van der Waals surface area (Å²) in [4.78, 5) is 42.1. The zero-order valence-electron chi connectivity index (χ0n) is 22.7. The van der Waals surface area contributed by atoms with Crippen LogP contribution in [0.5, 0.6) is 0 Å². The highest BCUT2D eigenvalue weighted by Crippen LogP contribution is 2.52. The van der Waals surface area contributed by atoms with E-state index >= 15 is 0 Å². The maximum absolute atomic E-state index is 14.1. The minimum absolute atomic E-state index is 0.0690. The summed E-state index contributed by atoms with van der Waals surface area (Å²) in [5.74, 6) is 0.605. The van der Waals surface area contributed by atoms with E-state index in [0.717, 1.165) is 16.3 Å². The Morgan fingerprint density at radius 1 is 1.21 bits per heavy atom. The molecule has 0 unspecified atom stereocenters. The molecule has 1 N–H and O–H groups in total. The highest BCUT2D eigenvalue weighted by molar-refractivity contribution is 5.93. The number of piperidine rings is 1. The maximum Gasteiger partial charge on any atom is 0.320 e. The summed E-state index contributed by atoms with van der Waals surface area (Å²) in [6.07, 6.45) is 6.31. The predicted octanol–water partition coefficient (Wildman–Crippen LogP) is 4.20. The lowest BCUT2D eigenvalue weighted by atomic mass is 9.65. The number of esters is 1. The van der Waals surface area contributed by atoms with E-state index < -0.39 is 23.4 Å². The Balaban J connectivity index is 1.87. The summed E-state index contributed by atoms with van der Waals surface area (Å²) in [6, 6.07) is 14.0. The SMILES string of the molecule is C#CCNC(=O)C[C@H]1C[C@@]2(C(=O)OC)C(=C[C@H](C(C)(C)C)O[C@@H]2C)N(Cc2cccc3ccccc23)C1=O. The summed E-state index contributed by atoms with van der Waals surface area (Å²) in [5.41, 5.74) is 0.0108. The number of terminal acetylenes is 1. The number of amides is 2. The quantitative estimate of drug-likeness (QED) is 0.459. The van der Waals surface area contributed by atoms with E-state index in [9.17, 15) is 14.4 Å². The molecule has 4 atom stereocenters. The number of hydrogen-bond donors (Lipinski definition) is 1. The molecule has 2 aliphatic heterocycles. The molecule has 0 aromatic heterocycles. The number of benzene rings is 2. The van der Waals surface area contributed by atoms with Crippen molar-refractivity contribution < 1.29 is 23.9 Å². The molecule has 38 heavy (non-hydrogen) atoms. The van der Waals surface area contributed by atoms with E-state index in [0.29, 0.717) is 5.70 Å². The molecule has 1 saturated heterocycles. The molecular formula is C31H36N2O5. The fourth-order valence-electron chi connectivity index (χ4n) is 5.65. The molecule has 2 amide bonds. The van der Waals surface area contributed by atoms with E-state index in [1.54, 1.807) is 4.90 Å². The first-order valence-corrected chi connectivity index (χ1v) is 13.0. The van der Waals surface area contributed by atoms with E-state index in [2.05, 4.69) is 32.0 Å². The van der Waals surface area contributed by atoms with Gasteiger partial charge in [0.05, 0.1) is 32.4 Å². The monoisotopic (exact) mass is 516 g/mol. The molecule has 2 aromatic rings. The normalized spacial score (nSPS) is 25.3. The van der Waals surface area contributed by atoms with Gasteiger partial charge < -0.3 is 19.7 Å². The van der Waals surface area contributed by atoms with Gasteiger partial charge in [-0.15, -0.1) is 6.42 Å². The summed E-state index contributed by atoms with van der Waals surface area (Å²) in [7, 11) is 1.34. The number of carbonyl (C=O) groups is 3. The first-order chi connectivity index (χ1) is 18.0.